The maximum absolute atomic E-state index is 13.2. The van der Waals surface area contributed by atoms with Crippen LogP contribution >= 0.6 is 0 Å². The molecule has 1 atom stereocenters. The number of pyridine rings is 1. The molecule has 0 saturated heterocycles. The Kier molecular flexibility index (Phi) is 5.79. The van der Waals surface area contributed by atoms with E-state index in [2.05, 4.69) is 15.3 Å². The van der Waals surface area contributed by atoms with E-state index < -0.39 is 5.91 Å². The van der Waals surface area contributed by atoms with Crippen LogP contribution in [-0.2, 0) is 13.7 Å². The van der Waals surface area contributed by atoms with Crippen molar-refractivity contribution in [3.63, 3.8) is 0 Å². The molecule has 1 aromatic carbocycles. The standard InChI is InChI=1S/C23H23N5O3/c1-3-17(18-14-28-12-7-11-24-23(28)26-18)25-22(30)20-21(19(29)10-13-27(20)2)31-15-16-8-5-4-6-9-16/h4-14,17H,3,15H2,1-2H3,(H,25,30). The van der Waals surface area contributed by atoms with Crippen LogP contribution in [0, 0.1) is 0 Å². The van der Waals surface area contributed by atoms with Crippen molar-refractivity contribution in [3.05, 3.63) is 94.4 Å². The molecule has 0 bridgehead atoms. The third-order valence-electron chi connectivity index (χ3n) is 5.01. The number of hydrogen-bond acceptors (Lipinski definition) is 5. The molecule has 4 aromatic rings. The minimum Gasteiger partial charge on any atom is -0.483 e. The summed E-state index contributed by atoms with van der Waals surface area (Å²) in [4.78, 5) is 34.5. The number of benzene rings is 1. The molecule has 0 spiro atoms. The van der Waals surface area contributed by atoms with Gasteiger partial charge in [-0.2, -0.15) is 0 Å². The van der Waals surface area contributed by atoms with E-state index in [4.69, 9.17) is 4.74 Å². The molecule has 4 rings (SSSR count). The lowest BCUT2D eigenvalue weighted by molar-refractivity contribution is 0.0920. The highest BCUT2D eigenvalue weighted by Crippen LogP contribution is 2.20. The first-order valence-electron chi connectivity index (χ1n) is 10.0. The molecule has 0 aliphatic rings. The first-order chi connectivity index (χ1) is 15.1. The molecule has 3 heterocycles. The molecule has 31 heavy (non-hydrogen) atoms. The molecule has 0 aliphatic carbocycles. The molecule has 8 nitrogen and oxygen atoms in total. The Hall–Kier alpha value is -3.94. The van der Waals surface area contributed by atoms with E-state index in [0.29, 0.717) is 17.9 Å². The number of aromatic nitrogens is 4. The van der Waals surface area contributed by atoms with E-state index in [0.717, 1.165) is 5.56 Å². The molecule has 1 amide bonds. The summed E-state index contributed by atoms with van der Waals surface area (Å²) < 4.78 is 9.20. The summed E-state index contributed by atoms with van der Waals surface area (Å²) in [5.74, 6) is 0.183. The molecule has 0 saturated carbocycles. The number of amides is 1. The minimum atomic E-state index is -0.403. The Morgan fingerprint density at radius 2 is 1.97 bits per heavy atom. The Labute approximate surface area is 179 Å². The van der Waals surface area contributed by atoms with Crippen LogP contribution in [0.1, 0.15) is 41.1 Å². The van der Waals surface area contributed by atoms with Crippen molar-refractivity contribution in [2.24, 2.45) is 7.05 Å². The third-order valence-corrected chi connectivity index (χ3v) is 5.01. The van der Waals surface area contributed by atoms with Gasteiger partial charge in [0.05, 0.1) is 11.7 Å². The van der Waals surface area contributed by atoms with Crippen molar-refractivity contribution in [2.75, 3.05) is 0 Å². The first-order valence-corrected chi connectivity index (χ1v) is 10.0. The number of carbonyl (C=O) groups excluding carboxylic acids is 1. The Bertz CT molecular complexity index is 1230. The van der Waals surface area contributed by atoms with E-state index in [1.165, 1.54) is 6.07 Å². The maximum atomic E-state index is 13.2. The van der Waals surface area contributed by atoms with Gasteiger partial charge in [0.25, 0.3) is 5.91 Å². The lowest BCUT2D eigenvalue weighted by Crippen LogP contribution is -2.32. The lowest BCUT2D eigenvalue weighted by Gasteiger charge is -2.18. The number of nitrogens with one attached hydrogen (secondary N) is 1. The molecule has 0 radical (unpaired) electrons. The van der Waals surface area contributed by atoms with Gasteiger partial charge in [0.1, 0.15) is 6.61 Å². The number of nitrogens with zero attached hydrogens (tertiary/aromatic N) is 4. The molecular weight excluding hydrogens is 394 g/mol. The number of fused-ring (bicyclic) bond motifs is 1. The molecule has 1 N–H and O–H groups in total. The van der Waals surface area contributed by atoms with Crippen LogP contribution in [0.5, 0.6) is 5.75 Å². The number of ether oxygens (including phenoxy) is 1. The van der Waals surface area contributed by atoms with Gasteiger partial charge < -0.3 is 14.6 Å². The summed E-state index contributed by atoms with van der Waals surface area (Å²) in [7, 11) is 1.71. The number of carbonyl (C=O) groups is 1. The van der Waals surface area contributed by atoms with Gasteiger partial charge in [0.2, 0.25) is 11.2 Å². The maximum Gasteiger partial charge on any atom is 0.272 e. The summed E-state index contributed by atoms with van der Waals surface area (Å²) in [5.41, 5.74) is 1.43. The fourth-order valence-electron chi connectivity index (χ4n) is 3.37. The SMILES string of the molecule is CCC(NC(=O)c1c(OCc2ccccc2)c(=O)ccn1C)c1cn2cccnc2n1. The van der Waals surface area contributed by atoms with Gasteiger partial charge in [0.15, 0.2) is 11.4 Å². The van der Waals surface area contributed by atoms with Gasteiger partial charge in [-0.25, -0.2) is 9.97 Å². The summed E-state index contributed by atoms with van der Waals surface area (Å²) >= 11 is 0. The van der Waals surface area contributed by atoms with Gasteiger partial charge >= 0.3 is 0 Å². The quantitative estimate of drug-likeness (QED) is 0.499. The molecule has 158 valence electrons. The second-order valence-corrected chi connectivity index (χ2v) is 7.17. The van der Waals surface area contributed by atoms with E-state index in [1.807, 2.05) is 55.7 Å². The second kappa shape index (κ2) is 8.83. The van der Waals surface area contributed by atoms with E-state index in [9.17, 15) is 9.59 Å². The average Bonchev–Trinajstić information content (AvgIpc) is 3.22. The summed E-state index contributed by atoms with van der Waals surface area (Å²) in [6.07, 6.45) is 7.54. The topological polar surface area (TPSA) is 90.5 Å². The van der Waals surface area contributed by atoms with Gasteiger partial charge in [-0.05, 0) is 18.1 Å². The second-order valence-electron chi connectivity index (χ2n) is 7.17. The Morgan fingerprint density at radius 1 is 1.16 bits per heavy atom. The monoisotopic (exact) mass is 417 g/mol. The Balaban J connectivity index is 1.60. The van der Waals surface area contributed by atoms with Crippen molar-refractivity contribution in [1.29, 1.82) is 0 Å². The van der Waals surface area contributed by atoms with Gasteiger partial charge in [-0.3, -0.25) is 14.0 Å². The molecular formula is C23H23N5O3. The fourth-order valence-corrected chi connectivity index (χ4v) is 3.37. The third kappa shape index (κ3) is 4.32. The van der Waals surface area contributed by atoms with Crippen LogP contribution < -0.4 is 15.5 Å². The van der Waals surface area contributed by atoms with E-state index >= 15 is 0 Å². The summed E-state index contributed by atoms with van der Waals surface area (Å²) in [6.45, 7) is 2.15. The van der Waals surface area contributed by atoms with Crippen LogP contribution in [0.25, 0.3) is 5.78 Å². The molecule has 1 unspecified atom stereocenters. The van der Waals surface area contributed by atoms with Crippen molar-refractivity contribution < 1.29 is 9.53 Å². The summed E-state index contributed by atoms with van der Waals surface area (Å²) in [5, 5.41) is 2.98. The highest BCUT2D eigenvalue weighted by atomic mass is 16.5. The highest BCUT2D eigenvalue weighted by Gasteiger charge is 2.23. The van der Waals surface area contributed by atoms with Crippen molar-refractivity contribution >= 4 is 11.7 Å². The largest absolute Gasteiger partial charge is 0.483 e. The smallest absolute Gasteiger partial charge is 0.272 e. The van der Waals surface area contributed by atoms with Gasteiger partial charge in [0, 0.05) is 37.9 Å². The zero-order chi connectivity index (χ0) is 21.8. The summed E-state index contributed by atoms with van der Waals surface area (Å²) in [6, 6.07) is 12.4. The van der Waals surface area contributed by atoms with Gasteiger partial charge in [-0.1, -0.05) is 37.3 Å². The average molecular weight is 417 g/mol. The number of rotatable bonds is 7. The van der Waals surface area contributed by atoms with Crippen molar-refractivity contribution in [2.45, 2.75) is 26.0 Å². The van der Waals surface area contributed by atoms with Crippen LogP contribution in [0.4, 0.5) is 0 Å². The number of hydrogen-bond donors (Lipinski definition) is 1. The number of aryl methyl sites for hydroxylation is 1. The molecule has 3 aromatic heterocycles. The van der Waals surface area contributed by atoms with Crippen LogP contribution in [0.2, 0.25) is 0 Å². The van der Waals surface area contributed by atoms with Crippen molar-refractivity contribution in [1.82, 2.24) is 24.3 Å². The van der Waals surface area contributed by atoms with Crippen LogP contribution in [0.3, 0.4) is 0 Å². The predicted octanol–water partition coefficient (Wildman–Crippen LogP) is 2.89. The molecule has 0 fully saturated rings. The van der Waals surface area contributed by atoms with E-state index in [1.54, 1.807) is 28.4 Å². The molecule has 8 heteroatoms. The van der Waals surface area contributed by atoms with E-state index in [-0.39, 0.29) is 29.5 Å². The minimum absolute atomic E-state index is 0.0258. The van der Waals surface area contributed by atoms with Crippen molar-refractivity contribution in [3.8, 4) is 5.75 Å². The number of imidazole rings is 1. The lowest BCUT2D eigenvalue weighted by atomic mass is 10.1. The van der Waals surface area contributed by atoms with Crippen LogP contribution in [-0.4, -0.2) is 24.8 Å². The normalized spacial score (nSPS) is 11.9. The fraction of sp³-hybridized carbons (Fsp3) is 0.217. The van der Waals surface area contributed by atoms with Gasteiger partial charge in [-0.15, -0.1) is 0 Å². The molecule has 0 aliphatic heterocycles. The first kappa shape index (κ1) is 20.3. The zero-order valence-electron chi connectivity index (χ0n) is 17.4. The predicted molar refractivity (Wildman–Crippen MR) is 116 cm³/mol. The van der Waals surface area contributed by atoms with Crippen LogP contribution in [0.15, 0.2) is 72.0 Å². The zero-order valence-corrected chi connectivity index (χ0v) is 17.4. The Morgan fingerprint density at radius 3 is 2.71 bits per heavy atom. The highest BCUT2D eigenvalue weighted by molar-refractivity contribution is 5.95.